The molecule has 1 atom stereocenters. The van der Waals surface area contributed by atoms with Crippen molar-refractivity contribution >= 4 is 21.2 Å². The summed E-state index contributed by atoms with van der Waals surface area (Å²) in [6.45, 7) is -0.630. The third kappa shape index (κ3) is 3.40. The molecule has 0 aliphatic carbocycles. The van der Waals surface area contributed by atoms with Crippen molar-refractivity contribution in [3.8, 4) is 11.3 Å². The van der Waals surface area contributed by atoms with Gasteiger partial charge in [0, 0.05) is 10.9 Å². The molecule has 2 aromatic rings. The van der Waals surface area contributed by atoms with Gasteiger partial charge in [0.05, 0.1) is 24.2 Å². The number of aromatic nitrogens is 1. The third-order valence-electron chi connectivity index (χ3n) is 2.51. The van der Waals surface area contributed by atoms with Crippen molar-refractivity contribution in [3.05, 3.63) is 35.5 Å². The zero-order valence-electron chi connectivity index (χ0n) is 10.2. The number of benzene rings is 1. The Labute approximate surface area is 119 Å². The van der Waals surface area contributed by atoms with Crippen molar-refractivity contribution in [1.29, 1.82) is 0 Å². The predicted octanol–water partition coefficient (Wildman–Crippen LogP) is 1.08. The predicted molar refractivity (Wildman–Crippen MR) is 72.7 cm³/mol. The summed E-state index contributed by atoms with van der Waals surface area (Å²) >= 11 is 0.922. The number of thiazole rings is 1. The molecular weight excluding hydrogens is 305 g/mol. The van der Waals surface area contributed by atoms with Crippen molar-refractivity contribution in [2.24, 2.45) is 0 Å². The van der Waals surface area contributed by atoms with Crippen molar-refractivity contribution in [1.82, 2.24) is 4.98 Å². The van der Waals surface area contributed by atoms with Crippen LogP contribution in [0.2, 0.25) is 0 Å². The summed E-state index contributed by atoms with van der Waals surface area (Å²) in [6, 6.07) is 5.53. The minimum atomic E-state index is -3.74. The van der Waals surface area contributed by atoms with Gasteiger partial charge < -0.3 is 10.2 Å². The Morgan fingerprint density at radius 3 is 2.55 bits per heavy atom. The number of hydrogen-bond donors (Lipinski definition) is 2. The first kappa shape index (κ1) is 15.0. The van der Waals surface area contributed by atoms with Crippen LogP contribution < -0.4 is 0 Å². The summed E-state index contributed by atoms with van der Waals surface area (Å²) in [7, 11) is -3.74. The number of nitrogens with zero attached hydrogens (tertiary/aromatic N) is 1. The molecule has 1 aromatic heterocycles. The Hall–Kier alpha value is -1.35. The second kappa shape index (κ2) is 5.96. The van der Waals surface area contributed by atoms with E-state index in [1.54, 1.807) is 5.38 Å². The van der Waals surface area contributed by atoms with Crippen molar-refractivity contribution in [2.45, 2.75) is 10.4 Å². The second-order valence-corrected chi connectivity index (χ2v) is 7.19. The lowest BCUT2D eigenvalue weighted by Gasteiger charge is -2.05. The molecule has 2 N–H and O–H groups in total. The summed E-state index contributed by atoms with van der Waals surface area (Å²) in [5.74, 6) is -0.970. The van der Waals surface area contributed by atoms with E-state index in [0.717, 1.165) is 11.3 Å². The van der Waals surface area contributed by atoms with E-state index >= 15 is 0 Å². The van der Waals surface area contributed by atoms with Gasteiger partial charge in [0.2, 0.25) is 14.2 Å². The van der Waals surface area contributed by atoms with Crippen LogP contribution in [0.4, 0.5) is 4.39 Å². The van der Waals surface area contributed by atoms with Gasteiger partial charge in [0.15, 0.2) is 0 Å². The van der Waals surface area contributed by atoms with Gasteiger partial charge in [-0.25, -0.2) is 17.8 Å². The van der Waals surface area contributed by atoms with E-state index in [9.17, 15) is 17.9 Å². The molecule has 1 aromatic carbocycles. The van der Waals surface area contributed by atoms with Gasteiger partial charge >= 0.3 is 0 Å². The number of halogens is 1. The molecule has 2 rings (SSSR count). The van der Waals surface area contributed by atoms with Crippen LogP contribution in [0.15, 0.2) is 34.0 Å². The normalized spacial score (nSPS) is 13.3. The lowest BCUT2D eigenvalue weighted by molar-refractivity contribution is 0.112. The summed E-state index contributed by atoms with van der Waals surface area (Å²) in [5.41, 5.74) is 1.03. The first-order chi connectivity index (χ1) is 9.42. The van der Waals surface area contributed by atoms with Gasteiger partial charge in [-0.3, -0.25) is 0 Å². The molecule has 0 fully saturated rings. The fourth-order valence-corrected chi connectivity index (χ4v) is 4.01. The summed E-state index contributed by atoms with van der Waals surface area (Å²) in [6.07, 6.45) is -1.34. The number of sulfone groups is 1. The minimum absolute atomic E-state index is 0.135. The molecule has 0 radical (unpaired) electrons. The van der Waals surface area contributed by atoms with E-state index in [4.69, 9.17) is 5.11 Å². The standard InChI is InChI=1S/C12H12FNO4S2/c13-9-3-1-8(2-4-9)11-6-19-12(14-11)20(17,18)7-10(16)5-15/h1-4,6,10,15-16H,5,7H2. The Balaban J connectivity index is 2.27. The van der Waals surface area contributed by atoms with E-state index < -0.39 is 28.3 Å². The molecule has 0 saturated carbocycles. The largest absolute Gasteiger partial charge is 0.394 e. The van der Waals surface area contributed by atoms with Crippen LogP contribution in [-0.4, -0.2) is 42.1 Å². The molecular formula is C12H12FNO4S2. The van der Waals surface area contributed by atoms with E-state index in [1.165, 1.54) is 24.3 Å². The van der Waals surface area contributed by atoms with E-state index in [-0.39, 0.29) is 10.2 Å². The van der Waals surface area contributed by atoms with E-state index in [0.29, 0.717) is 11.3 Å². The zero-order chi connectivity index (χ0) is 14.8. The molecule has 108 valence electrons. The van der Waals surface area contributed by atoms with Crippen molar-refractivity contribution in [2.75, 3.05) is 12.4 Å². The van der Waals surface area contributed by atoms with Gasteiger partial charge in [-0.1, -0.05) is 0 Å². The molecule has 5 nitrogen and oxygen atoms in total. The highest BCUT2D eigenvalue weighted by Crippen LogP contribution is 2.25. The number of rotatable bonds is 5. The van der Waals surface area contributed by atoms with Crippen LogP contribution in [0.25, 0.3) is 11.3 Å². The molecule has 0 spiro atoms. The fraction of sp³-hybridized carbons (Fsp3) is 0.250. The van der Waals surface area contributed by atoms with Crippen LogP contribution in [0.1, 0.15) is 0 Å². The van der Waals surface area contributed by atoms with Crippen LogP contribution >= 0.6 is 11.3 Å². The Kier molecular flexibility index (Phi) is 4.48. The Bertz CT molecular complexity index is 682. The molecule has 1 heterocycles. The number of hydrogen-bond acceptors (Lipinski definition) is 6. The summed E-state index contributed by atoms with van der Waals surface area (Å²) in [5, 5.41) is 19.4. The highest BCUT2D eigenvalue weighted by molar-refractivity contribution is 7.93. The Morgan fingerprint density at radius 1 is 1.30 bits per heavy atom. The smallest absolute Gasteiger partial charge is 0.209 e. The maximum atomic E-state index is 12.8. The summed E-state index contributed by atoms with van der Waals surface area (Å²) in [4.78, 5) is 3.98. The van der Waals surface area contributed by atoms with E-state index in [1.807, 2.05) is 0 Å². The van der Waals surface area contributed by atoms with Gasteiger partial charge in [-0.05, 0) is 24.3 Å². The first-order valence-corrected chi connectivity index (χ1v) is 8.19. The second-order valence-electron chi connectivity index (χ2n) is 4.12. The molecule has 0 aliphatic heterocycles. The Morgan fingerprint density at radius 2 is 1.95 bits per heavy atom. The fourth-order valence-electron chi connectivity index (χ4n) is 1.53. The van der Waals surface area contributed by atoms with Crippen LogP contribution in [0.3, 0.4) is 0 Å². The van der Waals surface area contributed by atoms with Gasteiger partial charge in [-0.2, -0.15) is 0 Å². The molecule has 0 aliphatic rings. The quantitative estimate of drug-likeness (QED) is 0.861. The minimum Gasteiger partial charge on any atom is -0.394 e. The van der Waals surface area contributed by atoms with Crippen molar-refractivity contribution < 1.29 is 23.0 Å². The molecule has 1 unspecified atom stereocenters. The van der Waals surface area contributed by atoms with Gasteiger partial charge in [-0.15, -0.1) is 11.3 Å². The average molecular weight is 317 g/mol. The third-order valence-corrected chi connectivity index (χ3v) is 5.64. The topological polar surface area (TPSA) is 87.5 Å². The first-order valence-electron chi connectivity index (χ1n) is 5.65. The monoisotopic (exact) mass is 317 g/mol. The zero-order valence-corrected chi connectivity index (χ0v) is 11.9. The number of aliphatic hydroxyl groups is 2. The lowest BCUT2D eigenvalue weighted by Crippen LogP contribution is -2.24. The summed E-state index contributed by atoms with van der Waals surface area (Å²) < 4.78 is 36.5. The molecule has 20 heavy (non-hydrogen) atoms. The van der Waals surface area contributed by atoms with Crippen LogP contribution in [0.5, 0.6) is 0 Å². The van der Waals surface area contributed by atoms with Crippen LogP contribution in [-0.2, 0) is 9.84 Å². The van der Waals surface area contributed by atoms with Crippen LogP contribution in [0, 0.1) is 5.82 Å². The lowest BCUT2D eigenvalue weighted by atomic mass is 10.2. The van der Waals surface area contributed by atoms with E-state index in [2.05, 4.69) is 4.98 Å². The highest BCUT2D eigenvalue weighted by atomic mass is 32.2. The SMILES string of the molecule is O=S(=O)(CC(O)CO)c1nc(-c2ccc(F)cc2)cs1. The molecule has 0 saturated heterocycles. The highest BCUT2D eigenvalue weighted by Gasteiger charge is 2.23. The van der Waals surface area contributed by atoms with Gasteiger partial charge in [0.25, 0.3) is 0 Å². The molecule has 8 heteroatoms. The molecule has 0 amide bonds. The maximum Gasteiger partial charge on any atom is 0.209 e. The van der Waals surface area contributed by atoms with Gasteiger partial charge in [0.1, 0.15) is 5.82 Å². The molecule has 0 bridgehead atoms. The maximum absolute atomic E-state index is 12.8. The average Bonchev–Trinajstić information content (AvgIpc) is 2.89. The van der Waals surface area contributed by atoms with Crippen molar-refractivity contribution in [3.63, 3.8) is 0 Å². The number of aliphatic hydroxyl groups excluding tert-OH is 2.